The second-order valence-corrected chi connectivity index (χ2v) is 3.31. The third-order valence-electron chi connectivity index (χ3n) is 2.24. The minimum atomic E-state index is -2.70. The van der Waals surface area contributed by atoms with Crippen LogP contribution in [0, 0.1) is 5.82 Å². The summed E-state index contributed by atoms with van der Waals surface area (Å²) in [6.07, 6.45) is -2.70. The minimum Gasteiger partial charge on any atom is -0.459 e. The Hall–Kier alpha value is -1.53. The topological polar surface area (TPSA) is 51.2 Å². The molecule has 0 radical (unpaired) electrons. The number of halogens is 3. The summed E-state index contributed by atoms with van der Waals surface area (Å²) in [4.78, 5) is 0. The minimum absolute atomic E-state index is 0.0156. The van der Waals surface area contributed by atoms with Gasteiger partial charge in [0.15, 0.2) is 0 Å². The summed E-state index contributed by atoms with van der Waals surface area (Å²) in [7, 11) is 0. The van der Waals surface area contributed by atoms with Crippen LogP contribution in [-0.2, 0) is 0 Å². The molecule has 0 saturated carbocycles. The molecular formula is C10H9F3N2O. The van der Waals surface area contributed by atoms with E-state index in [0.717, 1.165) is 0 Å². The van der Waals surface area contributed by atoms with Gasteiger partial charge in [-0.05, 0) is 24.3 Å². The van der Waals surface area contributed by atoms with Crippen LogP contribution >= 0.6 is 0 Å². The number of nitrogens with two attached hydrogens (primary N) is 1. The SMILES string of the molecule is NNC(c1cc2cc(F)ccc2o1)C(F)F. The van der Waals surface area contributed by atoms with Crippen LogP contribution in [0.5, 0.6) is 0 Å². The number of hydrazine groups is 1. The Bertz CT molecular complexity index is 498. The van der Waals surface area contributed by atoms with Gasteiger partial charge < -0.3 is 4.42 Å². The number of alkyl halides is 2. The van der Waals surface area contributed by atoms with Crippen molar-refractivity contribution >= 4 is 11.0 Å². The fourth-order valence-electron chi connectivity index (χ4n) is 1.47. The third kappa shape index (κ3) is 1.89. The highest BCUT2D eigenvalue weighted by Crippen LogP contribution is 2.27. The van der Waals surface area contributed by atoms with E-state index in [-0.39, 0.29) is 5.76 Å². The van der Waals surface area contributed by atoms with E-state index in [0.29, 0.717) is 11.0 Å². The first-order valence-electron chi connectivity index (χ1n) is 4.55. The third-order valence-corrected chi connectivity index (χ3v) is 2.24. The molecule has 86 valence electrons. The summed E-state index contributed by atoms with van der Waals surface area (Å²) in [5.74, 6) is 4.53. The molecule has 16 heavy (non-hydrogen) atoms. The zero-order chi connectivity index (χ0) is 11.7. The highest BCUT2D eigenvalue weighted by molar-refractivity contribution is 5.78. The lowest BCUT2D eigenvalue weighted by molar-refractivity contribution is 0.0890. The van der Waals surface area contributed by atoms with Gasteiger partial charge in [0, 0.05) is 5.39 Å². The summed E-state index contributed by atoms with van der Waals surface area (Å²) in [6.45, 7) is 0. The predicted octanol–water partition coefficient (Wildman–Crippen LogP) is 2.34. The van der Waals surface area contributed by atoms with E-state index in [1.807, 2.05) is 5.43 Å². The Kier molecular flexibility index (Phi) is 2.84. The molecule has 0 fully saturated rings. The van der Waals surface area contributed by atoms with Crippen LogP contribution in [0.1, 0.15) is 11.8 Å². The summed E-state index contributed by atoms with van der Waals surface area (Å²) < 4.78 is 43.0. The largest absolute Gasteiger partial charge is 0.459 e. The Balaban J connectivity index is 2.45. The standard InChI is InChI=1S/C10H9F3N2O/c11-6-1-2-7-5(3-6)4-8(16-7)9(15-14)10(12)13/h1-4,9-10,15H,14H2. The monoisotopic (exact) mass is 230 g/mol. The van der Waals surface area contributed by atoms with E-state index in [1.54, 1.807) is 0 Å². The molecule has 0 aliphatic rings. The number of furan rings is 1. The summed E-state index contributed by atoms with van der Waals surface area (Å²) in [5.41, 5.74) is 2.30. The maximum Gasteiger partial charge on any atom is 0.262 e. The normalized spacial score (nSPS) is 13.6. The molecule has 0 amide bonds. The van der Waals surface area contributed by atoms with Crippen molar-refractivity contribution in [3.05, 3.63) is 35.8 Å². The molecule has 0 aliphatic heterocycles. The number of hydrogen-bond donors (Lipinski definition) is 2. The Labute approximate surface area is 89.0 Å². The van der Waals surface area contributed by atoms with E-state index < -0.39 is 18.3 Å². The molecule has 1 heterocycles. The molecule has 1 unspecified atom stereocenters. The second-order valence-electron chi connectivity index (χ2n) is 3.31. The van der Waals surface area contributed by atoms with E-state index >= 15 is 0 Å². The first kappa shape index (κ1) is 11.0. The summed E-state index contributed by atoms with van der Waals surface area (Å²) >= 11 is 0. The van der Waals surface area contributed by atoms with Crippen LogP contribution in [0.3, 0.4) is 0 Å². The van der Waals surface area contributed by atoms with Crippen LogP contribution in [0.15, 0.2) is 28.7 Å². The van der Waals surface area contributed by atoms with Crippen molar-refractivity contribution in [3.8, 4) is 0 Å². The number of rotatable bonds is 3. The van der Waals surface area contributed by atoms with Crippen molar-refractivity contribution in [2.45, 2.75) is 12.5 Å². The highest BCUT2D eigenvalue weighted by Gasteiger charge is 2.24. The van der Waals surface area contributed by atoms with Crippen molar-refractivity contribution in [2.75, 3.05) is 0 Å². The fraction of sp³-hybridized carbons (Fsp3) is 0.200. The number of fused-ring (bicyclic) bond motifs is 1. The first-order chi connectivity index (χ1) is 7.61. The average Bonchev–Trinajstić information content (AvgIpc) is 2.60. The van der Waals surface area contributed by atoms with Crippen LogP contribution in [-0.4, -0.2) is 6.43 Å². The Morgan fingerprint density at radius 3 is 2.62 bits per heavy atom. The zero-order valence-electron chi connectivity index (χ0n) is 8.08. The maximum atomic E-state index is 12.9. The van der Waals surface area contributed by atoms with Crippen molar-refractivity contribution < 1.29 is 17.6 Å². The number of hydrogen-bond acceptors (Lipinski definition) is 3. The molecule has 3 N–H and O–H groups in total. The first-order valence-corrected chi connectivity index (χ1v) is 4.55. The second kappa shape index (κ2) is 4.15. The van der Waals surface area contributed by atoms with Crippen LogP contribution in [0.4, 0.5) is 13.2 Å². The lowest BCUT2D eigenvalue weighted by atomic mass is 10.2. The van der Waals surface area contributed by atoms with Gasteiger partial charge in [-0.3, -0.25) is 5.84 Å². The van der Waals surface area contributed by atoms with Crippen molar-refractivity contribution in [1.82, 2.24) is 5.43 Å². The fourth-order valence-corrected chi connectivity index (χ4v) is 1.47. The molecule has 2 rings (SSSR count). The van der Waals surface area contributed by atoms with Crippen LogP contribution in [0.25, 0.3) is 11.0 Å². The molecule has 3 nitrogen and oxygen atoms in total. The lowest BCUT2D eigenvalue weighted by Gasteiger charge is -2.10. The van der Waals surface area contributed by atoms with Gasteiger partial charge in [0.1, 0.15) is 23.2 Å². The molecular weight excluding hydrogens is 221 g/mol. The summed E-state index contributed by atoms with van der Waals surface area (Å²) in [5, 5.41) is 0.427. The van der Waals surface area contributed by atoms with Gasteiger partial charge in [-0.2, -0.15) is 0 Å². The Morgan fingerprint density at radius 1 is 1.25 bits per heavy atom. The van der Waals surface area contributed by atoms with Gasteiger partial charge in [0.25, 0.3) is 6.43 Å². The Morgan fingerprint density at radius 2 is 2.00 bits per heavy atom. The number of nitrogens with one attached hydrogen (secondary N) is 1. The lowest BCUT2D eigenvalue weighted by Crippen LogP contribution is -2.32. The molecule has 0 saturated heterocycles. The van der Waals surface area contributed by atoms with Gasteiger partial charge in [0.2, 0.25) is 0 Å². The predicted molar refractivity (Wildman–Crippen MR) is 52.2 cm³/mol. The zero-order valence-corrected chi connectivity index (χ0v) is 8.08. The van der Waals surface area contributed by atoms with Gasteiger partial charge in [0.05, 0.1) is 0 Å². The van der Waals surface area contributed by atoms with Gasteiger partial charge >= 0.3 is 0 Å². The van der Waals surface area contributed by atoms with E-state index in [2.05, 4.69) is 0 Å². The molecule has 1 aromatic heterocycles. The molecule has 0 spiro atoms. The van der Waals surface area contributed by atoms with E-state index in [4.69, 9.17) is 10.3 Å². The quantitative estimate of drug-likeness (QED) is 0.628. The highest BCUT2D eigenvalue weighted by atomic mass is 19.3. The number of benzene rings is 1. The van der Waals surface area contributed by atoms with Crippen molar-refractivity contribution in [2.24, 2.45) is 5.84 Å². The summed E-state index contributed by atoms with van der Waals surface area (Å²) in [6, 6.07) is 3.74. The van der Waals surface area contributed by atoms with Gasteiger partial charge in [-0.15, -0.1) is 0 Å². The van der Waals surface area contributed by atoms with Gasteiger partial charge in [-0.25, -0.2) is 18.6 Å². The van der Waals surface area contributed by atoms with Crippen LogP contribution in [0.2, 0.25) is 0 Å². The molecule has 1 atom stereocenters. The molecule has 6 heteroatoms. The van der Waals surface area contributed by atoms with Crippen LogP contribution < -0.4 is 11.3 Å². The molecule has 0 aliphatic carbocycles. The van der Waals surface area contributed by atoms with Crippen molar-refractivity contribution in [3.63, 3.8) is 0 Å². The van der Waals surface area contributed by atoms with E-state index in [1.165, 1.54) is 24.3 Å². The molecule has 1 aromatic carbocycles. The van der Waals surface area contributed by atoms with Crippen molar-refractivity contribution in [1.29, 1.82) is 0 Å². The maximum absolute atomic E-state index is 12.9. The molecule has 0 bridgehead atoms. The molecule has 2 aromatic rings. The van der Waals surface area contributed by atoms with E-state index in [9.17, 15) is 13.2 Å². The average molecular weight is 230 g/mol. The van der Waals surface area contributed by atoms with Gasteiger partial charge in [-0.1, -0.05) is 0 Å². The smallest absolute Gasteiger partial charge is 0.262 e.